The largest absolute Gasteiger partial charge is 0.481 e. The van der Waals surface area contributed by atoms with E-state index in [1.54, 1.807) is 25.1 Å². The molecule has 1 amide bonds. The number of aryl methyl sites for hydroxylation is 1. The SMILES string of the molecule is CCc1ccccc1O[C@@H](C)C(=O)Nc1c(Cl)cccc1Cl. The van der Waals surface area contributed by atoms with Crippen LogP contribution in [0.3, 0.4) is 0 Å². The van der Waals surface area contributed by atoms with E-state index in [2.05, 4.69) is 5.32 Å². The molecule has 2 rings (SSSR count). The van der Waals surface area contributed by atoms with Gasteiger partial charge in [0.05, 0.1) is 15.7 Å². The van der Waals surface area contributed by atoms with Crippen molar-refractivity contribution in [2.24, 2.45) is 0 Å². The molecule has 0 aliphatic carbocycles. The molecule has 0 aromatic heterocycles. The van der Waals surface area contributed by atoms with E-state index < -0.39 is 6.10 Å². The molecule has 3 nitrogen and oxygen atoms in total. The molecular formula is C17H17Cl2NO2. The van der Waals surface area contributed by atoms with Crippen molar-refractivity contribution in [2.45, 2.75) is 26.4 Å². The van der Waals surface area contributed by atoms with E-state index >= 15 is 0 Å². The molecule has 0 bridgehead atoms. The predicted molar refractivity (Wildman–Crippen MR) is 91.0 cm³/mol. The Balaban J connectivity index is 2.10. The smallest absolute Gasteiger partial charge is 0.265 e. The number of halogens is 2. The third-order valence-electron chi connectivity index (χ3n) is 3.24. The highest BCUT2D eigenvalue weighted by Crippen LogP contribution is 2.30. The third-order valence-corrected chi connectivity index (χ3v) is 3.87. The highest BCUT2D eigenvalue weighted by atomic mass is 35.5. The third kappa shape index (κ3) is 3.93. The Morgan fingerprint density at radius 1 is 1.14 bits per heavy atom. The maximum Gasteiger partial charge on any atom is 0.265 e. The quantitative estimate of drug-likeness (QED) is 0.837. The minimum atomic E-state index is -0.667. The summed E-state index contributed by atoms with van der Waals surface area (Å²) >= 11 is 12.1. The average molecular weight is 338 g/mol. The zero-order valence-electron chi connectivity index (χ0n) is 12.4. The van der Waals surface area contributed by atoms with Gasteiger partial charge in [0.25, 0.3) is 5.91 Å². The Morgan fingerprint density at radius 3 is 2.41 bits per heavy atom. The zero-order chi connectivity index (χ0) is 16.1. The van der Waals surface area contributed by atoms with E-state index in [0.29, 0.717) is 21.5 Å². The molecule has 0 heterocycles. The van der Waals surface area contributed by atoms with Crippen LogP contribution in [-0.2, 0) is 11.2 Å². The van der Waals surface area contributed by atoms with Crippen molar-refractivity contribution >= 4 is 34.8 Å². The second kappa shape index (κ2) is 7.52. The summed E-state index contributed by atoms with van der Waals surface area (Å²) in [7, 11) is 0. The van der Waals surface area contributed by atoms with Gasteiger partial charge < -0.3 is 10.1 Å². The molecule has 5 heteroatoms. The van der Waals surface area contributed by atoms with Crippen LogP contribution in [0.1, 0.15) is 19.4 Å². The number of carbonyl (C=O) groups excluding carboxylic acids is 1. The van der Waals surface area contributed by atoms with Crippen LogP contribution in [-0.4, -0.2) is 12.0 Å². The summed E-state index contributed by atoms with van der Waals surface area (Å²) in [4.78, 5) is 12.3. The van der Waals surface area contributed by atoms with E-state index in [1.807, 2.05) is 31.2 Å². The van der Waals surface area contributed by atoms with Crippen LogP contribution >= 0.6 is 23.2 Å². The van der Waals surface area contributed by atoms with Crippen LogP contribution in [0.2, 0.25) is 10.0 Å². The lowest BCUT2D eigenvalue weighted by atomic mass is 10.1. The first kappa shape index (κ1) is 16.7. The summed E-state index contributed by atoms with van der Waals surface area (Å²) < 4.78 is 5.75. The van der Waals surface area contributed by atoms with E-state index in [0.717, 1.165) is 12.0 Å². The van der Waals surface area contributed by atoms with Gasteiger partial charge in [-0.2, -0.15) is 0 Å². The lowest BCUT2D eigenvalue weighted by Crippen LogP contribution is -2.30. The summed E-state index contributed by atoms with van der Waals surface area (Å²) in [6.07, 6.45) is 0.168. The summed E-state index contributed by atoms with van der Waals surface area (Å²) in [5, 5.41) is 3.49. The number of benzene rings is 2. The zero-order valence-corrected chi connectivity index (χ0v) is 13.9. The van der Waals surface area contributed by atoms with Gasteiger partial charge in [-0.1, -0.05) is 54.4 Å². The summed E-state index contributed by atoms with van der Waals surface area (Å²) in [6.45, 7) is 3.73. The van der Waals surface area contributed by atoms with Gasteiger partial charge in [-0.3, -0.25) is 4.79 Å². The van der Waals surface area contributed by atoms with Crippen molar-refractivity contribution in [3.63, 3.8) is 0 Å². The van der Waals surface area contributed by atoms with Crippen LogP contribution in [0, 0.1) is 0 Å². The Bertz CT molecular complexity index is 653. The predicted octanol–water partition coefficient (Wildman–Crippen LogP) is 4.96. The van der Waals surface area contributed by atoms with Gasteiger partial charge in [-0.25, -0.2) is 0 Å². The van der Waals surface area contributed by atoms with Gasteiger partial charge in [0.2, 0.25) is 0 Å². The first-order chi connectivity index (χ1) is 10.5. The van der Waals surface area contributed by atoms with Crippen molar-refractivity contribution in [3.05, 3.63) is 58.1 Å². The standard InChI is InChI=1S/C17H17Cl2NO2/c1-3-12-7-4-5-10-15(12)22-11(2)17(21)20-16-13(18)8-6-9-14(16)19/h4-11H,3H2,1-2H3,(H,20,21)/t11-/m0/s1. The first-order valence-electron chi connectivity index (χ1n) is 7.02. The number of hydrogen-bond donors (Lipinski definition) is 1. The van der Waals surface area contributed by atoms with Crippen molar-refractivity contribution in [1.29, 1.82) is 0 Å². The van der Waals surface area contributed by atoms with E-state index in [1.165, 1.54) is 0 Å². The molecule has 1 N–H and O–H groups in total. The minimum Gasteiger partial charge on any atom is -0.481 e. The second-order valence-electron chi connectivity index (χ2n) is 4.81. The molecule has 0 spiro atoms. The van der Waals surface area contributed by atoms with Crippen LogP contribution < -0.4 is 10.1 Å². The van der Waals surface area contributed by atoms with Gasteiger partial charge in [-0.05, 0) is 37.1 Å². The molecule has 22 heavy (non-hydrogen) atoms. The molecule has 0 fully saturated rings. The fourth-order valence-corrected chi connectivity index (χ4v) is 2.49. The molecule has 0 unspecified atom stereocenters. The van der Waals surface area contributed by atoms with Crippen LogP contribution in [0.4, 0.5) is 5.69 Å². The van der Waals surface area contributed by atoms with Crippen molar-refractivity contribution < 1.29 is 9.53 Å². The lowest BCUT2D eigenvalue weighted by molar-refractivity contribution is -0.122. The van der Waals surface area contributed by atoms with Gasteiger partial charge in [0, 0.05) is 0 Å². The fraction of sp³-hybridized carbons (Fsp3) is 0.235. The Hall–Kier alpha value is -1.71. The number of anilines is 1. The van der Waals surface area contributed by atoms with Crippen molar-refractivity contribution in [1.82, 2.24) is 0 Å². The highest BCUT2D eigenvalue weighted by molar-refractivity contribution is 6.39. The molecule has 0 saturated carbocycles. The van der Waals surface area contributed by atoms with Crippen LogP contribution in [0.15, 0.2) is 42.5 Å². The molecule has 0 radical (unpaired) electrons. The fourth-order valence-electron chi connectivity index (χ4n) is 2.00. The maximum atomic E-state index is 12.3. The number of carbonyl (C=O) groups is 1. The van der Waals surface area contributed by atoms with E-state index in [9.17, 15) is 4.79 Å². The van der Waals surface area contributed by atoms with Gasteiger partial charge in [-0.15, -0.1) is 0 Å². The number of ether oxygens (including phenoxy) is 1. The second-order valence-corrected chi connectivity index (χ2v) is 5.62. The number of para-hydroxylation sites is 2. The molecule has 0 aliphatic rings. The molecule has 0 aliphatic heterocycles. The van der Waals surface area contributed by atoms with Crippen LogP contribution in [0.25, 0.3) is 0 Å². The first-order valence-corrected chi connectivity index (χ1v) is 7.78. The van der Waals surface area contributed by atoms with E-state index in [-0.39, 0.29) is 5.91 Å². The highest BCUT2D eigenvalue weighted by Gasteiger charge is 2.18. The minimum absolute atomic E-state index is 0.305. The van der Waals surface area contributed by atoms with Crippen LogP contribution in [0.5, 0.6) is 5.75 Å². The normalized spacial score (nSPS) is 11.8. The molecule has 0 saturated heterocycles. The maximum absolute atomic E-state index is 12.3. The molecule has 116 valence electrons. The Kier molecular flexibility index (Phi) is 5.69. The average Bonchev–Trinajstić information content (AvgIpc) is 2.51. The number of rotatable bonds is 5. The van der Waals surface area contributed by atoms with Crippen molar-refractivity contribution in [2.75, 3.05) is 5.32 Å². The Labute approximate surface area is 140 Å². The number of hydrogen-bond acceptors (Lipinski definition) is 2. The monoisotopic (exact) mass is 337 g/mol. The number of amides is 1. The Morgan fingerprint density at radius 2 is 1.77 bits per heavy atom. The van der Waals surface area contributed by atoms with E-state index in [4.69, 9.17) is 27.9 Å². The molecular weight excluding hydrogens is 321 g/mol. The summed E-state index contributed by atoms with van der Waals surface area (Å²) in [6, 6.07) is 12.7. The summed E-state index contributed by atoms with van der Waals surface area (Å²) in [5.41, 5.74) is 1.45. The van der Waals surface area contributed by atoms with Gasteiger partial charge in [0.1, 0.15) is 5.75 Å². The number of nitrogens with one attached hydrogen (secondary N) is 1. The molecule has 1 atom stereocenters. The van der Waals surface area contributed by atoms with Gasteiger partial charge >= 0.3 is 0 Å². The van der Waals surface area contributed by atoms with Crippen molar-refractivity contribution in [3.8, 4) is 5.75 Å². The molecule has 2 aromatic rings. The summed E-state index contributed by atoms with van der Waals surface area (Å²) in [5.74, 6) is 0.402. The topological polar surface area (TPSA) is 38.3 Å². The lowest BCUT2D eigenvalue weighted by Gasteiger charge is -2.17. The van der Waals surface area contributed by atoms with Gasteiger partial charge in [0.15, 0.2) is 6.10 Å². The molecule has 2 aromatic carbocycles.